The van der Waals surface area contributed by atoms with Crippen LogP contribution in [0.3, 0.4) is 0 Å². The SMILES string of the molecule is NS(=O)(=O)c1ccc(NCc2cc(Br)c(Br)s2)c(Br)c1. The summed E-state index contributed by atoms with van der Waals surface area (Å²) in [6, 6.07) is 6.66. The van der Waals surface area contributed by atoms with Crippen LogP contribution in [0.1, 0.15) is 4.88 Å². The molecular formula is C11H9Br3N2O2S2. The first-order valence-corrected chi connectivity index (χ1v) is 10.0. The van der Waals surface area contributed by atoms with Crippen LogP contribution in [0.15, 0.2) is 41.9 Å². The van der Waals surface area contributed by atoms with E-state index in [2.05, 4.69) is 53.1 Å². The molecule has 1 aromatic heterocycles. The Labute approximate surface area is 146 Å². The van der Waals surface area contributed by atoms with Gasteiger partial charge in [-0.25, -0.2) is 13.6 Å². The molecule has 0 aliphatic heterocycles. The van der Waals surface area contributed by atoms with Gasteiger partial charge in [-0.05, 0) is 72.1 Å². The molecule has 0 atom stereocenters. The zero-order valence-corrected chi connectivity index (χ0v) is 16.3. The molecule has 2 rings (SSSR count). The third kappa shape index (κ3) is 4.05. The number of sulfonamides is 1. The van der Waals surface area contributed by atoms with Crippen LogP contribution < -0.4 is 10.5 Å². The summed E-state index contributed by atoms with van der Waals surface area (Å²) in [5, 5.41) is 8.32. The molecule has 1 heterocycles. The van der Waals surface area contributed by atoms with E-state index in [4.69, 9.17) is 5.14 Å². The second-order valence-electron chi connectivity index (χ2n) is 3.87. The third-order valence-electron chi connectivity index (χ3n) is 2.42. The first-order valence-electron chi connectivity index (χ1n) is 5.27. The Bertz CT molecular complexity index is 725. The number of hydrogen-bond donors (Lipinski definition) is 2. The van der Waals surface area contributed by atoms with Gasteiger partial charge >= 0.3 is 0 Å². The summed E-state index contributed by atoms with van der Waals surface area (Å²) >= 11 is 11.8. The molecule has 20 heavy (non-hydrogen) atoms. The number of benzene rings is 1. The van der Waals surface area contributed by atoms with Crippen molar-refractivity contribution in [2.75, 3.05) is 5.32 Å². The van der Waals surface area contributed by atoms with Gasteiger partial charge in [-0.3, -0.25) is 0 Å². The van der Waals surface area contributed by atoms with Crippen molar-refractivity contribution in [1.82, 2.24) is 0 Å². The monoisotopic (exact) mass is 502 g/mol. The Morgan fingerprint density at radius 1 is 1.15 bits per heavy atom. The molecule has 0 spiro atoms. The predicted octanol–water partition coefficient (Wildman–Crippen LogP) is 4.30. The normalized spacial score (nSPS) is 11.6. The van der Waals surface area contributed by atoms with Gasteiger partial charge in [0, 0.05) is 26.1 Å². The molecule has 0 saturated carbocycles. The second-order valence-corrected chi connectivity index (χ2v) is 9.60. The smallest absolute Gasteiger partial charge is 0.238 e. The first kappa shape index (κ1) is 16.4. The van der Waals surface area contributed by atoms with E-state index in [1.165, 1.54) is 12.1 Å². The van der Waals surface area contributed by atoms with Crippen LogP contribution in [0, 0.1) is 0 Å². The lowest BCUT2D eigenvalue weighted by Gasteiger charge is -2.08. The summed E-state index contributed by atoms with van der Waals surface area (Å²) in [6.45, 7) is 0.641. The Hall–Kier alpha value is 0.0700. The minimum atomic E-state index is -3.68. The molecule has 108 valence electrons. The minimum absolute atomic E-state index is 0.0801. The number of thiophene rings is 1. The standard InChI is InChI=1S/C11H9Br3N2O2S2/c12-8-4-7(20(15,17)18)1-2-10(8)16-5-6-3-9(13)11(14)19-6/h1-4,16H,5H2,(H2,15,17,18). The maximum Gasteiger partial charge on any atom is 0.238 e. The maximum atomic E-state index is 11.2. The second kappa shape index (κ2) is 6.45. The Kier molecular flexibility index (Phi) is 5.30. The molecule has 1 aromatic carbocycles. The fourth-order valence-corrected chi connectivity index (χ4v) is 4.80. The summed E-state index contributed by atoms with van der Waals surface area (Å²) in [5.41, 5.74) is 0.804. The number of hydrogen-bond acceptors (Lipinski definition) is 4. The summed E-state index contributed by atoms with van der Waals surface area (Å²) in [5.74, 6) is 0. The van der Waals surface area contributed by atoms with E-state index < -0.39 is 10.0 Å². The number of anilines is 1. The van der Waals surface area contributed by atoms with Gasteiger partial charge < -0.3 is 5.32 Å². The lowest BCUT2D eigenvalue weighted by Crippen LogP contribution is -2.12. The summed E-state index contributed by atoms with van der Waals surface area (Å²) in [7, 11) is -3.68. The lowest BCUT2D eigenvalue weighted by atomic mass is 10.3. The van der Waals surface area contributed by atoms with E-state index in [-0.39, 0.29) is 4.90 Å². The average molecular weight is 505 g/mol. The molecule has 0 amide bonds. The largest absolute Gasteiger partial charge is 0.379 e. The van der Waals surface area contributed by atoms with Crippen LogP contribution in [0.4, 0.5) is 5.69 Å². The van der Waals surface area contributed by atoms with Gasteiger partial charge in [0.15, 0.2) is 0 Å². The Balaban J connectivity index is 2.14. The molecule has 0 aliphatic rings. The predicted molar refractivity (Wildman–Crippen MR) is 92.6 cm³/mol. The zero-order valence-electron chi connectivity index (χ0n) is 9.86. The van der Waals surface area contributed by atoms with Gasteiger partial charge in [0.05, 0.1) is 8.68 Å². The Morgan fingerprint density at radius 3 is 2.35 bits per heavy atom. The van der Waals surface area contributed by atoms with Gasteiger partial charge in [-0.15, -0.1) is 11.3 Å². The van der Waals surface area contributed by atoms with E-state index >= 15 is 0 Å². The van der Waals surface area contributed by atoms with Gasteiger partial charge in [0.25, 0.3) is 0 Å². The maximum absolute atomic E-state index is 11.2. The molecule has 2 aromatic rings. The summed E-state index contributed by atoms with van der Waals surface area (Å²) in [4.78, 5) is 1.22. The van der Waals surface area contributed by atoms with Crippen molar-refractivity contribution in [3.05, 3.63) is 41.9 Å². The zero-order chi connectivity index (χ0) is 14.9. The van der Waals surface area contributed by atoms with Crippen LogP contribution in [0.5, 0.6) is 0 Å². The van der Waals surface area contributed by atoms with Crippen molar-refractivity contribution in [3.8, 4) is 0 Å². The van der Waals surface area contributed by atoms with Crippen LogP contribution >= 0.6 is 59.1 Å². The van der Waals surface area contributed by atoms with E-state index in [9.17, 15) is 8.42 Å². The molecule has 0 fully saturated rings. The third-order valence-corrected chi connectivity index (χ3v) is 7.24. The molecule has 0 unspecified atom stereocenters. The van der Waals surface area contributed by atoms with Crippen LogP contribution in [-0.4, -0.2) is 8.42 Å². The quantitative estimate of drug-likeness (QED) is 0.652. The first-order chi connectivity index (χ1) is 9.27. The molecule has 0 aliphatic carbocycles. The number of rotatable bonds is 4. The van der Waals surface area contributed by atoms with E-state index in [1.54, 1.807) is 17.4 Å². The van der Waals surface area contributed by atoms with Crippen molar-refractivity contribution >= 4 is 74.8 Å². The molecular weight excluding hydrogens is 496 g/mol. The summed E-state index contributed by atoms with van der Waals surface area (Å²) in [6.07, 6.45) is 0. The molecule has 0 radical (unpaired) electrons. The van der Waals surface area contributed by atoms with Crippen molar-refractivity contribution in [2.24, 2.45) is 5.14 Å². The highest BCUT2D eigenvalue weighted by Gasteiger charge is 2.10. The highest BCUT2D eigenvalue weighted by Crippen LogP contribution is 2.33. The minimum Gasteiger partial charge on any atom is -0.379 e. The molecule has 9 heteroatoms. The van der Waals surface area contributed by atoms with Crippen molar-refractivity contribution < 1.29 is 8.42 Å². The fourth-order valence-electron chi connectivity index (χ4n) is 1.48. The summed E-state index contributed by atoms with van der Waals surface area (Å²) < 4.78 is 25.2. The van der Waals surface area contributed by atoms with Gasteiger partial charge in [0.2, 0.25) is 10.0 Å². The fraction of sp³-hybridized carbons (Fsp3) is 0.0909. The van der Waals surface area contributed by atoms with Crippen LogP contribution in [0.2, 0.25) is 0 Å². The average Bonchev–Trinajstić information content (AvgIpc) is 2.66. The van der Waals surface area contributed by atoms with Crippen LogP contribution in [-0.2, 0) is 16.6 Å². The van der Waals surface area contributed by atoms with Gasteiger partial charge in [-0.2, -0.15) is 0 Å². The van der Waals surface area contributed by atoms with E-state index in [0.29, 0.717) is 11.0 Å². The Morgan fingerprint density at radius 2 is 1.85 bits per heavy atom. The van der Waals surface area contributed by atoms with Crippen molar-refractivity contribution in [2.45, 2.75) is 11.4 Å². The molecule has 3 N–H and O–H groups in total. The lowest BCUT2D eigenvalue weighted by molar-refractivity contribution is 0.598. The van der Waals surface area contributed by atoms with Gasteiger partial charge in [0.1, 0.15) is 0 Å². The van der Waals surface area contributed by atoms with E-state index in [0.717, 1.165) is 18.8 Å². The molecule has 0 bridgehead atoms. The molecule has 4 nitrogen and oxygen atoms in total. The highest BCUT2D eigenvalue weighted by molar-refractivity contribution is 9.13. The number of halogens is 3. The molecule has 0 saturated heterocycles. The number of nitrogens with one attached hydrogen (secondary N) is 1. The highest BCUT2D eigenvalue weighted by atomic mass is 79.9. The number of primary sulfonamides is 1. The topological polar surface area (TPSA) is 72.2 Å². The number of nitrogens with two attached hydrogens (primary N) is 1. The van der Waals surface area contributed by atoms with Crippen molar-refractivity contribution in [3.63, 3.8) is 0 Å². The van der Waals surface area contributed by atoms with Gasteiger partial charge in [-0.1, -0.05) is 0 Å². The van der Waals surface area contributed by atoms with E-state index in [1.807, 2.05) is 6.07 Å². The van der Waals surface area contributed by atoms with Crippen LogP contribution in [0.25, 0.3) is 0 Å². The van der Waals surface area contributed by atoms with Crippen molar-refractivity contribution in [1.29, 1.82) is 0 Å².